The average molecular weight is 915 g/mol. The number of hydrogen-bond acceptors (Lipinski definition) is 14. The molecule has 16 heteroatoms. The highest BCUT2D eigenvalue weighted by atomic mass is 16.7. The first-order valence-corrected chi connectivity index (χ1v) is 23.8. The number of rotatable bonds is 12. The lowest BCUT2D eigenvalue weighted by molar-refractivity contribution is -0.418. The number of cyclic esters (lactones) is 1. The summed E-state index contributed by atoms with van der Waals surface area (Å²) >= 11 is 0. The molecular weight excluding hydrogens is 837 g/mol. The first kappa shape index (κ1) is 51.5. The number of urea groups is 1. The number of amides is 2. The molecule has 5 saturated heterocycles. The summed E-state index contributed by atoms with van der Waals surface area (Å²) in [7, 11) is 5.15. The summed E-state index contributed by atoms with van der Waals surface area (Å²) in [5, 5.41) is 38.3. The van der Waals surface area contributed by atoms with E-state index in [2.05, 4.69) is 23.1 Å². The molecule has 18 atom stereocenters. The van der Waals surface area contributed by atoms with Crippen LogP contribution in [-0.4, -0.2) is 168 Å². The van der Waals surface area contributed by atoms with Crippen molar-refractivity contribution in [2.24, 2.45) is 23.7 Å². The molecule has 366 valence electrons. The molecule has 1 spiro atoms. The number of hydrogen-bond donors (Lipinski definition) is 4. The Balaban J connectivity index is 1.39. The molecule has 1 aromatic carbocycles. The number of nitrogens with one attached hydrogen (secondary N) is 1. The van der Waals surface area contributed by atoms with Gasteiger partial charge in [0.15, 0.2) is 18.3 Å². The van der Waals surface area contributed by atoms with Crippen LogP contribution in [0.4, 0.5) is 10.5 Å². The van der Waals surface area contributed by atoms with Crippen molar-refractivity contribution in [2.45, 2.75) is 178 Å². The first-order chi connectivity index (χ1) is 30.6. The topological polar surface area (TPSA) is 184 Å². The fourth-order valence-electron chi connectivity index (χ4n) is 11.2. The average Bonchev–Trinajstić information content (AvgIpc) is 4.07. The number of anilines is 1. The highest BCUT2D eigenvalue weighted by molar-refractivity contribution is 5.91. The molecule has 0 saturated carbocycles. The molecule has 5 heterocycles. The van der Waals surface area contributed by atoms with E-state index >= 15 is 0 Å². The smallest absolute Gasteiger partial charge is 0.324 e. The third kappa shape index (κ3) is 9.86. The van der Waals surface area contributed by atoms with Gasteiger partial charge in [0.2, 0.25) is 0 Å². The van der Waals surface area contributed by atoms with E-state index in [1.807, 2.05) is 51.1 Å². The molecule has 5 aliphatic rings. The van der Waals surface area contributed by atoms with Gasteiger partial charge < -0.3 is 58.7 Å². The van der Waals surface area contributed by atoms with Crippen molar-refractivity contribution < 1.29 is 58.1 Å². The second-order valence-corrected chi connectivity index (χ2v) is 19.9. The zero-order valence-electron chi connectivity index (χ0n) is 40.8. The Morgan fingerprint density at radius 2 is 1.75 bits per heavy atom. The van der Waals surface area contributed by atoms with E-state index in [0.717, 1.165) is 12.1 Å². The molecular formula is C49H78N4O12. The van der Waals surface area contributed by atoms with E-state index in [0.29, 0.717) is 32.5 Å². The van der Waals surface area contributed by atoms with Crippen LogP contribution in [0, 0.1) is 36.0 Å². The number of fused-ring (bicyclic) bond motifs is 1. The molecule has 0 aromatic heterocycles. The monoisotopic (exact) mass is 915 g/mol. The van der Waals surface area contributed by atoms with Crippen molar-refractivity contribution in [3.05, 3.63) is 30.3 Å². The van der Waals surface area contributed by atoms with Crippen LogP contribution in [-0.2, 0) is 38.0 Å². The zero-order chi connectivity index (χ0) is 47.8. The van der Waals surface area contributed by atoms with Crippen molar-refractivity contribution in [1.29, 1.82) is 0 Å². The van der Waals surface area contributed by atoms with Crippen molar-refractivity contribution in [2.75, 3.05) is 52.3 Å². The van der Waals surface area contributed by atoms with E-state index in [4.69, 9.17) is 39.6 Å². The maximum absolute atomic E-state index is 14.7. The van der Waals surface area contributed by atoms with Crippen LogP contribution in [0.25, 0.3) is 0 Å². The van der Waals surface area contributed by atoms with Gasteiger partial charge in [-0.25, -0.2) is 4.79 Å². The number of methoxy groups -OCH3 is 1. The number of esters is 1. The Morgan fingerprint density at radius 3 is 2.35 bits per heavy atom. The maximum atomic E-state index is 14.7. The first-order valence-electron chi connectivity index (χ1n) is 23.8. The number of nitrogens with zero attached hydrogens (tertiary/aromatic N) is 3. The van der Waals surface area contributed by atoms with Crippen LogP contribution < -0.4 is 10.2 Å². The molecule has 2 amide bonds. The number of β-amino-alcohol motifs (C(OH)–C–C–N with tert-alkyl or cyclic N) is 1. The lowest BCUT2D eigenvalue weighted by Gasteiger charge is -2.67. The minimum Gasteiger partial charge on any atom is -0.457 e. The largest absolute Gasteiger partial charge is 0.457 e. The fraction of sp³-hybridized carbons (Fsp3) is 0.796. The van der Waals surface area contributed by atoms with Gasteiger partial charge in [0, 0.05) is 82.8 Å². The van der Waals surface area contributed by atoms with Gasteiger partial charge in [0.25, 0.3) is 0 Å². The molecule has 0 bridgehead atoms. The van der Waals surface area contributed by atoms with Crippen molar-refractivity contribution in [3.63, 3.8) is 0 Å². The zero-order valence-corrected chi connectivity index (χ0v) is 40.8. The second kappa shape index (κ2) is 20.4. The van der Waals surface area contributed by atoms with Crippen LogP contribution >= 0.6 is 0 Å². The Bertz CT molecular complexity index is 1810. The standard InChI is InChI=1S/C49H78N4O12/c1-14-22-53-27-48(58)34(9)62-39(25-49(48,53)59-13)63-40-31(6)41(65-44-30(5)37(23-29(4)61-44)52(12)45(56)51(11)36-20-18-17-19-21-36)47(28-60-47)24-35(15-2)26-50-33(8)42(64-43(55)32(40)7)46(10,57)38(54)16-3/h2,17-21,29-35,37-42,44,50,54,57-58H,14,16,22-28H2,1,3-13H3/t29-,30-,31+,32-,33-,34+,35-,37+,38-,39+,40+,41-,42-,44+,46-,47+,48+,49-/m1/s1. The molecule has 1 aromatic rings. The van der Waals surface area contributed by atoms with Crippen LogP contribution in [0.5, 0.6) is 0 Å². The van der Waals surface area contributed by atoms with Crippen LogP contribution in [0.1, 0.15) is 94.4 Å². The third-order valence-corrected chi connectivity index (χ3v) is 15.5. The van der Waals surface area contributed by atoms with Gasteiger partial charge in [-0.3, -0.25) is 14.6 Å². The summed E-state index contributed by atoms with van der Waals surface area (Å²) in [5.74, 6) is -0.0743. The van der Waals surface area contributed by atoms with Gasteiger partial charge in [-0.15, -0.1) is 12.3 Å². The summed E-state index contributed by atoms with van der Waals surface area (Å²) in [6.07, 6.45) is 1.48. The van der Waals surface area contributed by atoms with Gasteiger partial charge in [0.1, 0.15) is 22.9 Å². The molecule has 5 fully saturated rings. The SMILES string of the molecule is C#C[C@H]1CN[C@H](C)[C@H]([C@](C)(O)[C@H](O)CC)OC(=O)[C@H](C)[C@@H](O[C@H]2C[C@]3(OC)N(CCC)C[C@]3(O)[C@H](C)O2)[C@H](C)[C@@H](O[C@@H]2O[C@H](C)C[C@H](N(C)C(=O)N(C)c3ccccc3)[C@H]2C)[C@@]2(CO2)C1. The molecule has 65 heavy (non-hydrogen) atoms. The summed E-state index contributed by atoms with van der Waals surface area (Å²) in [6, 6.07) is 8.40. The molecule has 0 unspecified atom stereocenters. The van der Waals surface area contributed by atoms with E-state index < -0.39 is 95.4 Å². The lowest BCUT2D eigenvalue weighted by atomic mass is 9.71. The van der Waals surface area contributed by atoms with Crippen molar-refractivity contribution in [3.8, 4) is 12.3 Å². The summed E-state index contributed by atoms with van der Waals surface area (Å²) in [6.45, 7) is 18.2. The lowest BCUT2D eigenvalue weighted by Crippen LogP contribution is -2.86. The third-order valence-electron chi connectivity index (χ3n) is 15.5. The Kier molecular flexibility index (Phi) is 16.1. The molecule has 16 nitrogen and oxygen atoms in total. The number of carbonyl (C=O) groups excluding carboxylic acids is 2. The minimum atomic E-state index is -1.84. The summed E-state index contributed by atoms with van der Waals surface area (Å²) in [4.78, 5) is 34.3. The van der Waals surface area contributed by atoms with Gasteiger partial charge in [-0.05, 0) is 72.4 Å². The van der Waals surface area contributed by atoms with Gasteiger partial charge in [-0.1, -0.05) is 45.9 Å². The van der Waals surface area contributed by atoms with Gasteiger partial charge >= 0.3 is 12.0 Å². The highest BCUT2D eigenvalue weighted by Gasteiger charge is 2.71. The minimum absolute atomic E-state index is 0.141. The number of aliphatic hydroxyl groups is 3. The van der Waals surface area contributed by atoms with Crippen LogP contribution in [0.15, 0.2) is 30.3 Å². The Morgan fingerprint density at radius 1 is 1.08 bits per heavy atom. The molecule has 6 rings (SSSR count). The van der Waals surface area contributed by atoms with Crippen LogP contribution in [0.2, 0.25) is 0 Å². The Labute approximate surface area is 386 Å². The van der Waals surface area contributed by atoms with Crippen LogP contribution in [0.3, 0.4) is 0 Å². The van der Waals surface area contributed by atoms with Crippen molar-refractivity contribution >= 4 is 17.7 Å². The maximum Gasteiger partial charge on any atom is 0.324 e. The molecule has 0 radical (unpaired) electrons. The van der Waals surface area contributed by atoms with Gasteiger partial charge in [-0.2, -0.15) is 0 Å². The number of ether oxygens (including phenoxy) is 7. The molecule has 5 aliphatic heterocycles. The fourth-order valence-corrected chi connectivity index (χ4v) is 11.2. The van der Waals surface area contributed by atoms with E-state index in [-0.39, 0.29) is 43.5 Å². The molecule has 4 N–H and O–H groups in total. The quantitative estimate of drug-likeness (QED) is 0.133. The number of likely N-dealkylation sites (tertiary alicyclic amines) is 1. The van der Waals surface area contributed by atoms with Crippen molar-refractivity contribution in [1.82, 2.24) is 15.1 Å². The highest BCUT2D eigenvalue weighted by Crippen LogP contribution is 2.52. The normalized spacial score (nSPS) is 41.8. The number of aliphatic hydroxyl groups excluding tert-OH is 1. The van der Waals surface area contributed by atoms with E-state index in [1.54, 1.807) is 58.7 Å². The molecule has 0 aliphatic carbocycles. The van der Waals surface area contributed by atoms with E-state index in [1.165, 1.54) is 6.92 Å². The van der Waals surface area contributed by atoms with E-state index in [9.17, 15) is 24.9 Å². The van der Waals surface area contributed by atoms with Gasteiger partial charge in [0.05, 0.1) is 43.0 Å². The number of benzene rings is 1. The second-order valence-electron chi connectivity index (χ2n) is 19.9. The number of para-hydroxylation sites is 1. The number of terminal acetylenes is 1. The summed E-state index contributed by atoms with van der Waals surface area (Å²) < 4.78 is 46.4. The number of carbonyl (C=O) groups is 2. The summed E-state index contributed by atoms with van der Waals surface area (Å²) in [5.41, 5.74) is -4.40. The predicted octanol–water partition coefficient (Wildman–Crippen LogP) is 4.13. The number of epoxide rings is 1. The predicted molar refractivity (Wildman–Crippen MR) is 243 cm³/mol. The Hall–Kier alpha value is -2.92.